The number of aromatic nitrogens is 3. The van der Waals surface area contributed by atoms with Crippen LogP contribution in [-0.2, 0) is 4.79 Å². The van der Waals surface area contributed by atoms with E-state index in [1.54, 1.807) is 24.3 Å². The first kappa shape index (κ1) is 21.3. The molecule has 0 atom stereocenters. The van der Waals surface area contributed by atoms with Crippen LogP contribution >= 0.6 is 35.0 Å². The first-order valence-electron chi connectivity index (χ1n) is 10.1. The van der Waals surface area contributed by atoms with Crippen molar-refractivity contribution in [1.82, 2.24) is 20.1 Å². The molecule has 2 aromatic carbocycles. The second-order valence-corrected chi connectivity index (χ2v) is 9.29. The van der Waals surface area contributed by atoms with Crippen LogP contribution in [0.25, 0.3) is 22.6 Å². The lowest BCUT2D eigenvalue weighted by atomic mass is 9.97. The van der Waals surface area contributed by atoms with Crippen LogP contribution in [0.5, 0.6) is 0 Å². The third kappa shape index (κ3) is 4.62. The molecule has 0 unspecified atom stereocenters. The zero-order valence-corrected chi connectivity index (χ0v) is 19.2. The molecule has 2 aromatic heterocycles. The fourth-order valence-corrected chi connectivity index (χ4v) is 4.62. The van der Waals surface area contributed by atoms with Crippen LogP contribution in [0, 0.1) is 0 Å². The van der Waals surface area contributed by atoms with Crippen LogP contribution in [0.3, 0.4) is 0 Å². The highest BCUT2D eigenvalue weighted by molar-refractivity contribution is 7.99. The quantitative estimate of drug-likeness (QED) is 0.333. The summed E-state index contributed by atoms with van der Waals surface area (Å²) in [5, 5.41) is 9.70. The first-order chi connectivity index (χ1) is 15.5. The summed E-state index contributed by atoms with van der Waals surface area (Å²) in [5.74, 6) is 1.59. The number of carbonyl (C=O) groups excluding carboxylic acids is 1. The third-order valence-electron chi connectivity index (χ3n) is 5.38. The third-order valence-corrected chi connectivity index (χ3v) is 6.67. The average Bonchev–Trinajstić information content (AvgIpc) is 3.45. The van der Waals surface area contributed by atoms with Crippen LogP contribution in [0.15, 0.2) is 56.5 Å². The first-order valence-corrected chi connectivity index (χ1v) is 11.9. The van der Waals surface area contributed by atoms with E-state index in [1.807, 2.05) is 23.1 Å². The molecule has 0 N–H and O–H groups in total. The molecule has 1 aliphatic rings. The summed E-state index contributed by atoms with van der Waals surface area (Å²) in [6.45, 7) is 1.31. The number of piperidine rings is 1. The number of benzene rings is 2. The summed E-state index contributed by atoms with van der Waals surface area (Å²) < 4.78 is 11.6. The lowest BCUT2D eigenvalue weighted by molar-refractivity contribution is -0.129. The number of likely N-dealkylation sites (tertiary alicyclic amines) is 1. The summed E-state index contributed by atoms with van der Waals surface area (Å²) >= 11 is 13.2. The Bertz CT molecular complexity index is 1250. The molecule has 0 radical (unpaired) electrons. The molecule has 10 heteroatoms. The van der Waals surface area contributed by atoms with Gasteiger partial charge in [-0.25, -0.2) is 4.98 Å². The number of fused-ring (bicyclic) bond motifs is 1. The van der Waals surface area contributed by atoms with Crippen molar-refractivity contribution in [3.63, 3.8) is 0 Å². The van der Waals surface area contributed by atoms with Crippen molar-refractivity contribution in [1.29, 1.82) is 0 Å². The molecule has 164 valence electrons. The molecule has 0 bridgehead atoms. The molecule has 4 aromatic rings. The molecule has 1 fully saturated rings. The smallest absolute Gasteiger partial charge is 0.277 e. The zero-order valence-electron chi connectivity index (χ0n) is 16.8. The number of hydrogen-bond acceptors (Lipinski definition) is 7. The fraction of sp³-hybridized carbons (Fsp3) is 0.273. The van der Waals surface area contributed by atoms with Gasteiger partial charge in [0.15, 0.2) is 11.5 Å². The van der Waals surface area contributed by atoms with E-state index in [4.69, 9.17) is 32.0 Å². The highest BCUT2D eigenvalue weighted by Gasteiger charge is 2.27. The topological polar surface area (TPSA) is 85.3 Å². The normalized spacial score (nSPS) is 14.9. The predicted octanol–water partition coefficient (Wildman–Crippen LogP) is 5.68. The number of rotatable bonds is 5. The van der Waals surface area contributed by atoms with E-state index in [0.29, 0.717) is 40.1 Å². The molecule has 1 amide bonds. The Morgan fingerprint density at radius 2 is 1.78 bits per heavy atom. The van der Waals surface area contributed by atoms with Crippen LogP contribution in [0.1, 0.15) is 24.7 Å². The van der Waals surface area contributed by atoms with E-state index in [1.165, 1.54) is 11.8 Å². The molecule has 0 spiro atoms. The Kier molecular flexibility index (Phi) is 6.08. The summed E-state index contributed by atoms with van der Waals surface area (Å²) in [7, 11) is 0. The number of oxazole rings is 1. The highest BCUT2D eigenvalue weighted by atomic mass is 35.5. The second kappa shape index (κ2) is 9.13. The molecule has 1 saturated heterocycles. The van der Waals surface area contributed by atoms with Crippen LogP contribution < -0.4 is 0 Å². The molecule has 0 aliphatic carbocycles. The van der Waals surface area contributed by atoms with Gasteiger partial charge in [-0.15, -0.1) is 10.2 Å². The molecule has 32 heavy (non-hydrogen) atoms. The van der Waals surface area contributed by atoms with E-state index >= 15 is 0 Å². The van der Waals surface area contributed by atoms with Crippen LogP contribution in [0.4, 0.5) is 0 Å². The van der Waals surface area contributed by atoms with Crippen molar-refractivity contribution in [2.75, 3.05) is 18.8 Å². The maximum atomic E-state index is 12.7. The van der Waals surface area contributed by atoms with Crippen molar-refractivity contribution in [2.45, 2.75) is 24.0 Å². The predicted molar refractivity (Wildman–Crippen MR) is 123 cm³/mol. The van der Waals surface area contributed by atoms with Crippen molar-refractivity contribution < 1.29 is 13.6 Å². The highest BCUT2D eigenvalue weighted by Crippen LogP contribution is 2.31. The standard InChI is InChI=1S/C22H18Cl2N4O3S/c23-15-3-1-13(2-4-15)21-26-27-22(31-21)32-12-19(29)28-9-7-14(8-10-28)20-25-17-11-16(24)5-6-18(17)30-20/h1-6,11,14H,7-10,12H2. The number of amides is 1. The second-order valence-electron chi connectivity index (χ2n) is 7.49. The molecule has 5 rings (SSSR count). The monoisotopic (exact) mass is 488 g/mol. The molecule has 3 heterocycles. The van der Waals surface area contributed by atoms with Gasteiger partial charge in [0, 0.05) is 34.6 Å². The van der Waals surface area contributed by atoms with E-state index < -0.39 is 0 Å². The Balaban J connectivity index is 1.14. The minimum absolute atomic E-state index is 0.0454. The number of nitrogens with zero attached hydrogens (tertiary/aromatic N) is 4. The van der Waals surface area contributed by atoms with Crippen molar-refractivity contribution in [3.8, 4) is 11.5 Å². The Morgan fingerprint density at radius 1 is 1.03 bits per heavy atom. The minimum Gasteiger partial charge on any atom is -0.440 e. The van der Waals surface area contributed by atoms with Gasteiger partial charge in [0.1, 0.15) is 5.52 Å². The summed E-state index contributed by atoms with van der Waals surface area (Å²) in [6, 6.07) is 12.6. The van der Waals surface area contributed by atoms with Gasteiger partial charge < -0.3 is 13.7 Å². The van der Waals surface area contributed by atoms with Gasteiger partial charge in [-0.2, -0.15) is 0 Å². The van der Waals surface area contributed by atoms with Crippen molar-refractivity contribution in [3.05, 3.63) is 58.4 Å². The fourth-order valence-electron chi connectivity index (χ4n) is 3.66. The van der Waals surface area contributed by atoms with Gasteiger partial charge in [0.05, 0.1) is 5.75 Å². The van der Waals surface area contributed by atoms with Crippen molar-refractivity contribution >= 4 is 52.0 Å². The van der Waals surface area contributed by atoms with Gasteiger partial charge in [-0.05, 0) is 55.3 Å². The summed E-state index contributed by atoms with van der Waals surface area (Å²) in [4.78, 5) is 19.1. The lowest BCUT2D eigenvalue weighted by Crippen LogP contribution is -2.39. The van der Waals surface area contributed by atoms with Gasteiger partial charge in [0.2, 0.25) is 11.8 Å². The van der Waals surface area contributed by atoms with Gasteiger partial charge >= 0.3 is 0 Å². The Hall–Kier alpha value is -2.55. The van der Waals surface area contributed by atoms with Crippen LogP contribution in [0.2, 0.25) is 10.0 Å². The van der Waals surface area contributed by atoms with E-state index in [9.17, 15) is 4.79 Å². The largest absolute Gasteiger partial charge is 0.440 e. The minimum atomic E-state index is 0.0454. The van der Waals surface area contributed by atoms with Gasteiger partial charge in [0.25, 0.3) is 5.22 Å². The van der Waals surface area contributed by atoms with Crippen LogP contribution in [-0.4, -0.2) is 44.8 Å². The SMILES string of the molecule is O=C(CSc1nnc(-c2ccc(Cl)cc2)o1)N1CCC(c2nc3cc(Cl)ccc3o2)CC1. The number of thioether (sulfide) groups is 1. The van der Waals surface area contributed by atoms with Crippen molar-refractivity contribution in [2.24, 2.45) is 0 Å². The number of halogens is 2. The molecule has 1 aliphatic heterocycles. The van der Waals surface area contributed by atoms with E-state index in [-0.39, 0.29) is 17.6 Å². The average molecular weight is 489 g/mol. The zero-order chi connectivity index (χ0) is 22.1. The maximum absolute atomic E-state index is 12.7. The van der Waals surface area contributed by atoms with E-state index in [2.05, 4.69) is 15.2 Å². The number of hydrogen-bond donors (Lipinski definition) is 0. The summed E-state index contributed by atoms with van der Waals surface area (Å²) in [6.07, 6.45) is 1.61. The molecule has 7 nitrogen and oxygen atoms in total. The lowest BCUT2D eigenvalue weighted by Gasteiger charge is -2.30. The maximum Gasteiger partial charge on any atom is 0.277 e. The number of carbonyl (C=O) groups is 1. The Labute approximate surface area is 198 Å². The molecular weight excluding hydrogens is 471 g/mol. The van der Waals surface area contributed by atoms with Gasteiger partial charge in [-0.3, -0.25) is 4.79 Å². The molecular formula is C22H18Cl2N4O3S. The Morgan fingerprint density at radius 3 is 2.56 bits per heavy atom. The van der Waals surface area contributed by atoms with E-state index in [0.717, 1.165) is 29.5 Å². The molecule has 0 saturated carbocycles. The summed E-state index contributed by atoms with van der Waals surface area (Å²) in [5.41, 5.74) is 2.28. The van der Waals surface area contributed by atoms with Gasteiger partial charge in [-0.1, -0.05) is 35.0 Å².